The van der Waals surface area contributed by atoms with Gasteiger partial charge in [0.05, 0.1) is 5.75 Å². The average Bonchev–Trinajstić information content (AvgIpc) is 3.28. The predicted octanol–water partition coefficient (Wildman–Crippen LogP) is 3.04. The molecule has 0 bridgehead atoms. The zero-order valence-corrected chi connectivity index (χ0v) is 15.9. The van der Waals surface area contributed by atoms with Gasteiger partial charge in [-0.15, -0.1) is 20.4 Å². The Morgan fingerprint density at radius 2 is 1.96 bits per heavy atom. The third kappa shape index (κ3) is 5.21. The van der Waals surface area contributed by atoms with Crippen LogP contribution in [0.3, 0.4) is 0 Å². The molecular formula is C15H16N6OS3. The molecule has 0 spiro atoms. The largest absolute Gasteiger partial charge is 0.360 e. The van der Waals surface area contributed by atoms with Crippen LogP contribution >= 0.6 is 34.4 Å². The van der Waals surface area contributed by atoms with Gasteiger partial charge in [-0.1, -0.05) is 64.8 Å². The summed E-state index contributed by atoms with van der Waals surface area (Å²) in [7, 11) is 0. The molecule has 2 N–H and O–H groups in total. The lowest BCUT2D eigenvalue weighted by Crippen LogP contribution is -2.22. The Hall–Kier alpha value is -2.04. The van der Waals surface area contributed by atoms with Gasteiger partial charge in [0.25, 0.3) is 5.91 Å². The number of aromatic nitrogens is 4. The van der Waals surface area contributed by atoms with Crippen molar-refractivity contribution in [2.24, 2.45) is 0 Å². The summed E-state index contributed by atoms with van der Waals surface area (Å²) in [4.78, 5) is 12.1. The summed E-state index contributed by atoms with van der Waals surface area (Å²) in [5, 5.41) is 24.1. The molecule has 0 unspecified atom stereocenters. The van der Waals surface area contributed by atoms with Gasteiger partial charge >= 0.3 is 0 Å². The number of amides is 1. The molecule has 25 heavy (non-hydrogen) atoms. The maximum absolute atomic E-state index is 12.1. The molecule has 2 heterocycles. The van der Waals surface area contributed by atoms with Gasteiger partial charge in [-0.25, -0.2) is 0 Å². The lowest BCUT2D eigenvalue weighted by atomic mass is 10.2. The molecule has 3 rings (SSSR count). The lowest BCUT2D eigenvalue weighted by molar-refractivity contribution is 0.0950. The van der Waals surface area contributed by atoms with Crippen molar-refractivity contribution in [1.82, 2.24) is 25.7 Å². The molecule has 0 aliphatic carbocycles. The van der Waals surface area contributed by atoms with Gasteiger partial charge in [-0.05, 0) is 12.5 Å². The topological polar surface area (TPSA) is 92.7 Å². The van der Waals surface area contributed by atoms with E-state index in [-0.39, 0.29) is 5.91 Å². The number of anilines is 1. The van der Waals surface area contributed by atoms with Crippen molar-refractivity contribution in [2.45, 2.75) is 23.6 Å². The van der Waals surface area contributed by atoms with Crippen LogP contribution in [0.15, 0.2) is 34.7 Å². The van der Waals surface area contributed by atoms with Gasteiger partial charge in [-0.2, -0.15) is 0 Å². The molecule has 3 aromatic rings. The molecule has 0 saturated heterocycles. The third-order valence-electron chi connectivity index (χ3n) is 3.01. The molecule has 0 fully saturated rings. The van der Waals surface area contributed by atoms with Crippen LogP contribution < -0.4 is 10.6 Å². The number of carbonyl (C=O) groups excluding carboxylic acids is 1. The van der Waals surface area contributed by atoms with Gasteiger partial charge in [0.2, 0.25) is 10.1 Å². The van der Waals surface area contributed by atoms with E-state index >= 15 is 0 Å². The van der Waals surface area contributed by atoms with Crippen molar-refractivity contribution in [3.05, 3.63) is 45.9 Å². The lowest BCUT2D eigenvalue weighted by Gasteiger charge is -2.01. The summed E-state index contributed by atoms with van der Waals surface area (Å²) >= 11 is 4.34. The highest BCUT2D eigenvalue weighted by Gasteiger charge is 2.13. The highest BCUT2D eigenvalue weighted by Crippen LogP contribution is 2.29. The first-order valence-corrected chi connectivity index (χ1v) is 10.2. The van der Waals surface area contributed by atoms with Crippen molar-refractivity contribution < 1.29 is 4.79 Å². The first kappa shape index (κ1) is 17.8. The Morgan fingerprint density at radius 3 is 2.76 bits per heavy atom. The highest BCUT2D eigenvalue weighted by atomic mass is 32.2. The number of carbonyl (C=O) groups is 1. The number of thioether (sulfide) groups is 1. The van der Waals surface area contributed by atoms with Crippen molar-refractivity contribution in [2.75, 3.05) is 11.9 Å². The van der Waals surface area contributed by atoms with E-state index in [0.29, 0.717) is 17.3 Å². The van der Waals surface area contributed by atoms with Crippen LogP contribution in [0.25, 0.3) is 0 Å². The molecule has 130 valence electrons. The zero-order chi connectivity index (χ0) is 17.5. The SMILES string of the molecule is CCNc1nnc(SCc2nnc(C(=O)NCc3ccccc3)s2)s1. The Balaban J connectivity index is 1.50. The summed E-state index contributed by atoms with van der Waals surface area (Å²) in [5.74, 6) is 0.410. The van der Waals surface area contributed by atoms with E-state index in [2.05, 4.69) is 31.0 Å². The van der Waals surface area contributed by atoms with Gasteiger partial charge in [0, 0.05) is 13.1 Å². The summed E-state index contributed by atoms with van der Waals surface area (Å²) in [6, 6.07) is 9.75. The normalized spacial score (nSPS) is 10.6. The Bertz CT molecular complexity index is 820. The van der Waals surface area contributed by atoms with E-state index in [0.717, 1.165) is 26.6 Å². The Morgan fingerprint density at radius 1 is 1.12 bits per heavy atom. The average molecular weight is 393 g/mol. The van der Waals surface area contributed by atoms with Crippen LogP contribution in [-0.4, -0.2) is 32.8 Å². The van der Waals surface area contributed by atoms with Crippen molar-refractivity contribution in [1.29, 1.82) is 0 Å². The molecule has 1 amide bonds. The van der Waals surface area contributed by atoms with Crippen LogP contribution in [0.5, 0.6) is 0 Å². The highest BCUT2D eigenvalue weighted by molar-refractivity contribution is 8.00. The van der Waals surface area contributed by atoms with Gasteiger partial charge in [0.15, 0.2) is 4.34 Å². The molecule has 0 aliphatic heterocycles. The van der Waals surface area contributed by atoms with E-state index in [9.17, 15) is 4.79 Å². The molecule has 0 atom stereocenters. The monoisotopic (exact) mass is 392 g/mol. The van der Waals surface area contributed by atoms with Crippen molar-refractivity contribution in [3.63, 3.8) is 0 Å². The summed E-state index contributed by atoms with van der Waals surface area (Å²) in [6.45, 7) is 3.30. The van der Waals surface area contributed by atoms with Gasteiger partial charge in [-0.3, -0.25) is 4.79 Å². The second-order valence-electron chi connectivity index (χ2n) is 4.86. The minimum atomic E-state index is -0.206. The minimum absolute atomic E-state index is 0.206. The van der Waals surface area contributed by atoms with Crippen LogP contribution in [0, 0.1) is 0 Å². The van der Waals surface area contributed by atoms with Crippen LogP contribution in [0.2, 0.25) is 0 Å². The molecule has 0 aliphatic rings. The maximum Gasteiger partial charge on any atom is 0.282 e. The van der Waals surface area contributed by atoms with Crippen LogP contribution in [-0.2, 0) is 12.3 Å². The maximum atomic E-state index is 12.1. The zero-order valence-electron chi connectivity index (χ0n) is 13.4. The number of benzene rings is 1. The molecule has 1 aromatic carbocycles. The fourth-order valence-corrected chi connectivity index (χ4v) is 4.43. The first-order chi connectivity index (χ1) is 12.2. The standard InChI is InChI=1S/C15H16N6OS3/c1-2-16-14-20-21-15(25-14)23-9-11-18-19-13(24-11)12(22)17-8-10-6-4-3-5-7-10/h3-7H,2,8-9H2,1H3,(H,16,20)(H,17,22). The summed E-state index contributed by atoms with van der Waals surface area (Å²) in [5.41, 5.74) is 1.05. The third-order valence-corrected chi connectivity index (χ3v) is 6.14. The smallest absolute Gasteiger partial charge is 0.282 e. The van der Waals surface area contributed by atoms with E-state index in [4.69, 9.17) is 0 Å². The van der Waals surface area contributed by atoms with Crippen molar-refractivity contribution >= 4 is 45.5 Å². The van der Waals surface area contributed by atoms with E-state index < -0.39 is 0 Å². The van der Waals surface area contributed by atoms with Crippen LogP contribution in [0.4, 0.5) is 5.13 Å². The molecule has 10 heteroatoms. The van der Waals surface area contributed by atoms with Crippen LogP contribution in [0.1, 0.15) is 27.3 Å². The second kappa shape index (κ2) is 8.88. The van der Waals surface area contributed by atoms with E-state index in [1.165, 1.54) is 34.4 Å². The number of rotatable bonds is 8. The molecule has 0 radical (unpaired) electrons. The number of nitrogens with one attached hydrogen (secondary N) is 2. The van der Waals surface area contributed by atoms with Gasteiger partial charge < -0.3 is 10.6 Å². The number of nitrogens with zero attached hydrogens (tertiary/aromatic N) is 4. The number of hydrogen-bond donors (Lipinski definition) is 2. The fraction of sp³-hybridized carbons (Fsp3) is 0.267. The summed E-state index contributed by atoms with van der Waals surface area (Å²) in [6.07, 6.45) is 0. The first-order valence-electron chi connectivity index (χ1n) is 7.59. The fourth-order valence-electron chi connectivity index (χ4n) is 1.87. The minimum Gasteiger partial charge on any atom is -0.360 e. The van der Waals surface area contributed by atoms with E-state index in [1.54, 1.807) is 0 Å². The number of hydrogen-bond acceptors (Lipinski definition) is 9. The molecular weight excluding hydrogens is 376 g/mol. The molecule has 2 aromatic heterocycles. The summed E-state index contributed by atoms with van der Waals surface area (Å²) < 4.78 is 0.862. The van der Waals surface area contributed by atoms with Crippen molar-refractivity contribution in [3.8, 4) is 0 Å². The van der Waals surface area contributed by atoms with E-state index in [1.807, 2.05) is 37.3 Å². The predicted molar refractivity (Wildman–Crippen MR) is 101 cm³/mol. The second-order valence-corrected chi connectivity index (χ2v) is 8.12. The Labute approximate surface area is 157 Å². The van der Waals surface area contributed by atoms with Gasteiger partial charge in [0.1, 0.15) is 5.01 Å². The quantitative estimate of drug-likeness (QED) is 0.569. The molecule has 0 saturated carbocycles. The molecule has 7 nitrogen and oxygen atoms in total. The Kier molecular flexibility index (Phi) is 6.31.